The van der Waals surface area contributed by atoms with Gasteiger partial charge >= 0.3 is 6.03 Å². The van der Waals surface area contributed by atoms with Crippen molar-refractivity contribution in [1.29, 1.82) is 0 Å². The zero-order chi connectivity index (χ0) is 20.4. The van der Waals surface area contributed by atoms with Gasteiger partial charge in [-0.25, -0.2) is 9.18 Å². The Hall–Kier alpha value is -3.46. The van der Waals surface area contributed by atoms with Gasteiger partial charge in [-0.1, -0.05) is 0 Å². The molecule has 9 heteroatoms. The summed E-state index contributed by atoms with van der Waals surface area (Å²) in [5.41, 5.74) is 7.99. The molecular weight excluding hydrogens is 393 g/mol. The number of rotatable bonds is 3. The van der Waals surface area contributed by atoms with Crippen LogP contribution in [-0.4, -0.2) is 28.4 Å². The standard InChI is InChI=1S/C20H18FN5O2S/c21-13-3-4-15(22)16(9-13)25-19(27)17-8-12-5-7-26(11-18(12)29-17)20(28)24-14-2-1-6-23-10-14/h1-4,6,8-10H,5,7,11,22H2,(H,24,28)(H,25,27). The number of aromatic nitrogens is 1. The molecule has 1 aliphatic rings. The van der Waals surface area contributed by atoms with Crippen LogP contribution >= 0.6 is 11.3 Å². The van der Waals surface area contributed by atoms with Crippen LogP contribution in [0.25, 0.3) is 0 Å². The molecule has 0 unspecified atom stereocenters. The van der Waals surface area contributed by atoms with E-state index in [9.17, 15) is 14.0 Å². The lowest BCUT2D eigenvalue weighted by molar-refractivity contribution is 0.103. The number of carbonyl (C=O) groups is 2. The van der Waals surface area contributed by atoms with Crippen molar-refractivity contribution in [2.45, 2.75) is 13.0 Å². The first-order chi connectivity index (χ1) is 14.0. The van der Waals surface area contributed by atoms with Crippen LogP contribution in [0.2, 0.25) is 0 Å². The minimum atomic E-state index is -0.477. The summed E-state index contributed by atoms with van der Waals surface area (Å²) < 4.78 is 13.4. The number of amides is 3. The molecule has 0 spiro atoms. The van der Waals surface area contributed by atoms with Gasteiger partial charge in [0.25, 0.3) is 5.91 Å². The van der Waals surface area contributed by atoms with E-state index in [1.54, 1.807) is 29.4 Å². The second-order valence-electron chi connectivity index (χ2n) is 6.59. The lowest BCUT2D eigenvalue weighted by Gasteiger charge is -2.26. The fourth-order valence-electron chi connectivity index (χ4n) is 3.06. The number of nitrogen functional groups attached to an aromatic ring is 1. The van der Waals surface area contributed by atoms with Gasteiger partial charge in [0.2, 0.25) is 0 Å². The third kappa shape index (κ3) is 4.19. The van der Waals surface area contributed by atoms with Crippen LogP contribution in [0.5, 0.6) is 0 Å². The molecule has 1 aromatic carbocycles. The van der Waals surface area contributed by atoms with Crippen LogP contribution in [0.4, 0.5) is 26.2 Å². The van der Waals surface area contributed by atoms with E-state index in [0.717, 1.165) is 10.4 Å². The Morgan fingerprint density at radius 2 is 2.07 bits per heavy atom. The van der Waals surface area contributed by atoms with E-state index in [0.29, 0.717) is 35.8 Å². The second kappa shape index (κ2) is 7.88. The smallest absolute Gasteiger partial charge is 0.322 e. The number of hydrogen-bond donors (Lipinski definition) is 3. The first-order valence-corrected chi connectivity index (χ1v) is 9.75. The van der Waals surface area contributed by atoms with Gasteiger partial charge in [0.15, 0.2) is 0 Å². The number of nitrogens with one attached hydrogen (secondary N) is 2. The molecule has 0 saturated carbocycles. The number of benzene rings is 1. The Morgan fingerprint density at radius 3 is 2.86 bits per heavy atom. The topological polar surface area (TPSA) is 100 Å². The summed E-state index contributed by atoms with van der Waals surface area (Å²) in [4.78, 5) is 32.2. The van der Waals surface area contributed by atoms with Crippen LogP contribution in [0.1, 0.15) is 20.1 Å². The average Bonchev–Trinajstić information content (AvgIpc) is 3.15. The molecule has 2 aromatic heterocycles. The van der Waals surface area contributed by atoms with Gasteiger partial charge in [-0.15, -0.1) is 11.3 Å². The Balaban J connectivity index is 1.44. The largest absolute Gasteiger partial charge is 0.397 e. The maximum absolute atomic E-state index is 13.4. The molecule has 7 nitrogen and oxygen atoms in total. The van der Waals surface area contributed by atoms with Crippen LogP contribution in [0, 0.1) is 5.82 Å². The van der Waals surface area contributed by atoms with Gasteiger partial charge in [0.05, 0.1) is 34.7 Å². The fraction of sp³-hybridized carbons (Fsp3) is 0.150. The number of nitrogens with zero attached hydrogens (tertiary/aromatic N) is 2. The number of pyridine rings is 1. The predicted molar refractivity (Wildman–Crippen MR) is 110 cm³/mol. The quantitative estimate of drug-likeness (QED) is 0.572. The summed E-state index contributed by atoms with van der Waals surface area (Å²) in [5.74, 6) is -0.830. The van der Waals surface area contributed by atoms with Crippen molar-refractivity contribution in [1.82, 2.24) is 9.88 Å². The number of thiophene rings is 1. The van der Waals surface area contributed by atoms with Gasteiger partial charge in [0, 0.05) is 17.6 Å². The highest BCUT2D eigenvalue weighted by molar-refractivity contribution is 7.14. The van der Waals surface area contributed by atoms with E-state index in [2.05, 4.69) is 15.6 Å². The molecule has 0 radical (unpaired) electrons. The minimum absolute atomic E-state index is 0.212. The molecular formula is C20H18FN5O2S. The summed E-state index contributed by atoms with van der Waals surface area (Å²) in [7, 11) is 0. The molecule has 0 bridgehead atoms. The van der Waals surface area contributed by atoms with Gasteiger partial charge in [0.1, 0.15) is 5.82 Å². The maximum atomic E-state index is 13.4. The number of fused-ring (bicyclic) bond motifs is 1. The van der Waals surface area contributed by atoms with Crippen LogP contribution in [-0.2, 0) is 13.0 Å². The summed E-state index contributed by atoms with van der Waals surface area (Å²) in [6.45, 7) is 0.967. The summed E-state index contributed by atoms with van der Waals surface area (Å²) in [6.07, 6.45) is 3.87. The average molecular weight is 411 g/mol. The molecule has 0 aliphatic carbocycles. The number of anilines is 3. The highest BCUT2D eigenvalue weighted by Gasteiger charge is 2.24. The molecule has 1 aliphatic heterocycles. The molecule has 3 heterocycles. The van der Waals surface area contributed by atoms with Crippen molar-refractivity contribution < 1.29 is 14.0 Å². The van der Waals surface area contributed by atoms with E-state index in [4.69, 9.17) is 5.73 Å². The Morgan fingerprint density at radius 1 is 1.21 bits per heavy atom. The zero-order valence-corrected chi connectivity index (χ0v) is 16.1. The Bertz CT molecular complexity index is 1070. The van der Waals surface area contributed by atoms with Gasteiger partial charge in [-0.2, -0.15) is 0 Å². The number of halogens is 1. The fourth-order valence-corrected chi connectivity index (χ4v) is 4.19. The third-order valence-electron chi connectivity index (χ3n) is 4.57. The summed E-state index contributed by atoms with van der Waals surface area (Å²) in [5, 5.41) is 5.47. The maximum Gasteiger partial charge on any atom is 0.322 e. The van der Waals surface area contributed by atoms with Crippen molar-refractivity contribution in [3.8, 4) is 0 Å². The van der Waals surface area contributed by atoms with Crippen molar-refractivity contribution >= 4 is 40.3 Å². The van der Waals surface area contributed by atoms with Crippen LogP contribution in [0.3, 0.4) is 0 Å². The lowest BCUT2D eigenvalue weighted by Crippen LogP contribution is -2.38. The zero-order valence-electron chi connectivity index (χ0n) is 15.3. The van der Waals surface area contributed by atoms with Gasteiger partial charge in [-0.3, -0.25) is 9.78 Å². The SMILES string of the molecule is Nc1ccc(F)cc1NC(=O)c1cc2c(s1)CN(C(=O)Nc1cccnc1)CC2. The molecule has 148 valence electrons. The highest BCUT2D eigenvalue weighted by Crippen LogP contribution is 2.30. The van der Waals surface area contributed by atoms with E-state index >= 15 is 0 Å². The predicted octanol–water partition coefficient (Wildman–Crippen LogP) is 3.71. The minimum Gasteiger partial charge on any atom is -0.397 e. The van der Waals surface area contributed by atoms with Gasteiger partial charge in [-0.05, 0) is 48.4 Å². The van der Waals surface area contributed by atoms with Crippen LogP contribution in [0.15, 0.2) is 48.8 Å². The molecule has 0 fully saturated rings. The molecule has 4 rings (SSSR count). The van der Waals surface area contributed by atoms with E-state index in [1.165, 1.54) is 29.5 Å². The van der Waals surface area contributed by atoms with E-state index < -0.39 is 5.82 Å². The number of carbonyl (C=O) groups excluding carboxylic acids is 2. The number of hydrogen-bond acceptors (Lipinski definition) is 5. The van der Waals surface area contributed by atoms with E-state index in [-0.39, 0.29) is 17.6 Å². The molecule has 29 heavy (non-hydrogen) atoms. The first-order valence-electron chi connectivity index (χ1n) is 8.93. The normalized spacial score (nSPS) is 12.9. The Labute approximate surface area is 170 Å². The van der Waals surface area contributed by atoms with E-state index in [1.807, 2.05) is 6.07 Å². The summed E-state index contributed by atoms with van der Waals surface area (Å²) >= 11 is 1.32. The lowest BCUT2D eigenvalue weighted by atomic mass is 10.1. The third-order valence-corrected chi connectivity index (χ3v) is 5.73. The first kappa shape index (κ1) is 18.9. The highest BCUT2D eigenvalue weighted by atomic mass is 32.1. The van der Waals surface area contributed by atoms with Crippen molar-refractivity contribution in [3.05, 3.63) is 69.9 Å². The molecule has 4 N–H and O–H groups in total. The molecule has 3 amide bonds. The molecule has 0 saturated heterocycles. The number of urea groups is 1. The summed E-state index contributed by atoms with van der Waals surface area (Å²) in [6, 6.07) is 8.96. The molecule has 3 aromatic rings. The second-order valence-corrected chi connectivity index (χ2v) is 7.72. The van der Waals surface area contributed by atoms with Crippen molar-refractivity contribution in [3.63, 3.8) is 0 Å². The monoisotopic (exact) mass is 411 g/mol. The van der Waals surface area contributed by atoms with Crippen molar-refractivity contribution in [2.75, 3.05) is 22.9 Å². The van der Waals surface area contributed by atoms with Crippen molar-refractivity contribution in [2.24, 2.45) is 0 Å². The molecule has 0 atom stereocenters. The number of nitrogens with two attached hydrogens (primary N) is 1. The van der Waals surface area contributed by atoms with Gasteiger partial charge < -0.3 is 21.3 Å². The Kier molecular flexibility index (Phi) is 5.13. The van der Waals surface area contributed by atoms with Crippen LogP contribution < -0.4 is 16.4 Å².